The summed E-state index contributed by atoms with van der Waals surface area (Å²) in [4.78, 5) is 0. The number of oxime groups is 1. The second-order valence-corrected chi connectivity index (χ2v) is 3.63. The van der Waals surface area contributed by atoms with Gasteiger partial charge in [-0.05, 0) is 30.3 Å². The molecule has 1 aromatic carbocycles. The molecule has 0 aliphatic heterocycles. The van der Waals surface area contributed by atoms with Crippen LogP contribution < -0.4 is 10.5 Å². The van der Waals surface area contributed by atoms with Gasteiger partial charge < -0.3 is 15.7 Å². The van der Waals surface area contributed by atoms with Gasteiger partial charge in [0.05, 0.1) is 6.54 Å². The Bertz CT molecular complexity index is 505. The molecule has 0 aliphatic carbocycles. The van der Waals surface area contributed by atoms with Crippen molar-refractivity contribution >= 4 is 5.84 Å². The Hall–Kier alpha value is -2.50. The van der Waals surface area contributed by atoms with Crippen molar-refractivity contribution in [2.24, 2.45) is 10.9 Å². The average molecular weight is 246 g/mol. The van der Waals surface area contributed by atoms with Gasteiger partial charge in [-0.1, -0.05) is 5.16 Å². The molecule has 3 N–H and O–H groups in total. The number of aromatic nitrogens is 2. The minimum Gasteiger partial charge on any atom is -0.492 e. The monoisotopic (exact) mass is 246 g/mol. The van der Waals surface area contributed by atoms with Gasteiger partial charge in [0.25, 0.3) is 0 Å². The molecule has 0 fully saturated rings. The first-order chi connectivity index (χ1) is 8.79. The molecule has 94 valence electrons. The van der Waals surface area contributed by atoms with Gasteiger partial charge in [0, 0.05) is 18.0 Å². The van der Waals surface area contributed by atoms with Crippen LogP contribution in [0.4, 0.5) is 0 Å². The zero-order valence-electron chi connectivity index (χ0n) is 9.73. The molecule has 0 atom stereocenters. The summed E-state index contributed by atoms with van der Waals surface area (Å²) in [6.45, 7) is 1.22. The Morgan fingerprint density at radius 1 is 1.39 bits per heavy atom. The SMILES string of the molecule is N/C(=N/O)c1ccc(OCCn2cccn2)cc1. The van der Waals surface area contributed by atoms with Crippen LogP contribution in [0.5, 0.6) is 5.75 Å². The van der Waals surface area contributed by atoms with Crippen molar-refractivity contribution < 1.29 is 9.94 Å². The number of hydrogen-bond donors (Lipinski definition) is 2. The summed E-state index contributed by atoms with van der Waals surface area (Å²) in [5.74, 6) is 0.815. The van der Waals surface area contributed by atoms with Crippen LogP contribution in [0.2, 0.25) is 0 Å². The Morgan fingerprint density at radius 2 is 2.17 bits per heavy atom. The maximum absolute atomic E-state index is 8.53. The maximum atomic E-state index is 8.53. The van der Waals surface area contributed by atoms with Crippen LogP contribution in [0, 0.1) is 0 Å². The van der Waals surface area contributed by atoms with E-state index in [9.17, 15) is 0 Å². The van der Waals surface area contributed by atoms with Crippen LogP contribution in [-0.2, 0) is 6.54 Å². The number of hydrogen-bond acceptors (Lipinski definition) is 4. The number of nitrogens with two attached hydrogens (primary N) is 1. The zero-order valence-corrected chi connectivity index (χ0v) is 9.73. The van der Waals surface area contributed by atoms with Crippen LogP contribution in [0.1, 0.15) is 5.56 Å². The highest BCUT2D eigenvalue weighted by Crippen LogP contribution is 2.12. The summed E-state index contributed by atoms with van der Waals surface area (Å²) in [5.41, 5.74) is 6.11. The van der Waals surface area contributed by atoms with Gasteiger partial charge in [-0.25, -0.2) is 0 Å². The first-order valence-corrected chi connectivity index (χ1v) is 5.48. The number of nitrogens with zero attached hydrogens (tertiary/aromatic N) is 3. The molecule has 6 nitrogen and oxygen atoms in total. The summed E-state index contributed by atoms with van der Waals surface area (Å²) in [7, 11) is 0. The van der Waals surface area contributed by atoms with Crippen molar-refractivity contribution in [2.45, 2.75) is 6.54 Å². The van der Waals surface area contributed by atoms with Gasteiger partial charge >= 0.3 is 0 Å². The summed E-state index contributed by atoms with van der Waals surface area (Å²) in [6.07, 6.45) is 3.61. The van der Waals surface area contributed by atoms with Gasteiger partial charge in [0.1, 0.15) is 12.4 Å². The van der Waals surface area contributed by atoms with E-state index in [1.165, 1.54) is 0 Å². The summed E-state index contributed by atoms with van der Waals surface area (Å²) < 4.78 is 7.34. The Morgan fingerprint density at radius 3 is 2.78 bits per heavy atom. The fraction of sp³-hybridized carbons (Fsp3) is 0.167. The van der Waals surface area contributed by atoms with Crippen molar-refractivity contribution in [3.63, 3.8) is 0 Å². The quantitative estimate of drug-likeness (QED) is 0.357. The molecule has 0 bridgehead atoms. The van der Waals surface area contributed by atoms with Crippen LogP contribution in [0.15, 0.2) is 47.9 Å². The molecule has 0 saturated heterocycles. The van der Waals surface area contributed by atoms with E-state index >= 15 is 0 Å². The molecule has 0 spiro atoms. The van der Waals surface area contributed by atoms with E-state index in [1.807, 2.05) is 12.3 Å². The Labute approximate surface area is 104 Å². The van der Waals surface area contributed by atoms with Gasteiger partial charge in [-0.2, -0.15) is 5.10 Å². The lowest BCUT2D eigenvalue weighted by molar-refractivity contribution is 0.291. The van der Waals surface area contributed by atoms with Gasteiger partial charge in [0.2, 0.25) is 0 Å². The van der Waals surface area contributed by atoms with Crippen molar-refractivity contribution in [1.82, 2.24) is 9.78 Å². The molecule has 0 radical (unpaired) electrons. The zero-order chi connectivity index (χ0) is 12.8. The third-order valence-corrected chi connectivity index (χ3v) is 2.41. The van der Waals surface area contributed by atoms with E-state index in [1.54, 1.807) is 35.1 Å². The largest absolute Gasteiger partial charge is 0.492 e. The van der Waals surface area contributed by atoms with E-state index in [2.05, 4.69) is 10.3 Å². The molecular formula is C12H14N4O2. The Kier molecular flexibility index (Phi) is 3.80. The highest BCUT2D eigenvalue weighted by Gasteiger charge is 1.99. The smallest absolute Gasteiger partial charge is 0.170 e. The molecule has 1 aromatic heterocycles. The van der Waals surface area contributed by atoms with E-state index in [0.29, 0.717) is 18.7 Å². The standard InChI is InChI=1S/C12H14N4O2/c13-12(15-17)10-2-4-11(5-3-10)18-9-8-16-7-1-6-14-16/h1-7,17H,8-9H2,(H2,13,15). The lowest BCUT2D eigenvalue weighted by Gasteiger charge is -2.07. The lowest BCUT2D eigenvalue weighted by atomic mass is 10.2. The molecular weight excluding hydrogens is 232 g/mol. The van der Waals surface area contributed by atoms with E-state index in [0.717, 1.165) is 5.75 Å². The molecule has 1 heterocycles. The van der Waals surface area contributed by atoms with E-state index in [-0.39, 0.29) is 5.84 Å². The molecule has 6 heteroatoms. The van der Waals surface area contributed by atoms with E-state index < -0.39 is 0 Å². The van der Waals surface area contributed by atoms with Crippen LogP contribution in [0.25, 0.3) is 0 Å². The minimum atomic E-state index is 0.0816. The van der Waals surface area contributed by atoms with Crippen molar-refractivity contribution in [2.75, 3.05) is 6.61 Å². The fourth-order valence-electron chi connectivity index (χ4n) is 1.47. The molecule has 0 aliphatic rings. The van der Waals surface area contributed by atoms with Crippen molar-refractivity contribution in [1.29, 1.82) is 0 Å². The molecule has 0 unspecified atom stereocenters. The van der Waals surface area contributed by atoms with Gasteiger partial charge in [0.15, 0.2) is 5.84 Å². The number of benzene rings is 1. The van der Waals surface area contributed by atoms with Crippen molar-refractivity contribution in [3.8, 4) is 5.75 Å². The van der Waals surface area contributed by atoms with Gasteiger partial charge in [-0.3, -0.25) is 4.68 Å². The predicted octanol–water partition coefficient (Wildman–Crippen LogP) is 1.06. The summed E-state index contributed by atoms with van der Waals surface area (Å²) in [6, 6.07) is 8.88. The predicted molar refractivity (Wildman–Crippen MR) is 66.7 cm³/mol. The second kappa shape index (κ2) is 5.72. The first kappa shape index (κ1) is 12.0. The molecule has 0 amide bonds. The number of rotatable bonds is 5. The highest BCUT2D eigenvalue weighted by atomic mass is 16.5. The average Bonchev–Trinajstić information content (AvgIpc) is 2.92. The summed E-state index contributed by atoms with van der Waals surface area (Å²) >= 11 is 0. The molecule has 0 saturated carbocycles. The molecule has 2 aromatic rings. The maximum Gasteiger partial charge on any atom is 0.170 e. The minimum absolute atomic E-state index is 0.0816. The van der Waals surface area contributed by atoms with Crippen LogP contribution in [0.3, 0.4) is 0 Å². The van der Waals surface area contributed by atoms with E-state index in [4.69, 9.17) is 15.7 Å². The topological polar surface area (TPSA) is 85.7 Å². The number of amidine groups is 1. The van der Waals surface area contributed by atoms with Crippen LogP contribution >= 0.6 is 0 Å². The molecule has 2 rings (SSSR count). The van der Waals surface area contributed by atoms with Gasteiger partial charge in [-0.15, -0.1) is 0 Å². The highest BCUT2D eigenvalue weighted by molar-refractivity contribution is 5.97. The third kappa shape index (κ3) is 3.00. The molecule has 18 heavy (non-hydrogen) atoms. The van der Waals surface area contributed by atoms with Crippen molar-refractivity contribution in [3.05, 3.63) is 48.3 Å². The lowest BCUT2D eigenvalue weighted by Crippen LogP contribution is -2.13. The summed E-state index contributed by atoms with van der Waals surface area (Å²) in [5, 5.41) is 15.5. The fourth-order valence-corrected chi connectivity index (χ4v) is 1.47. The van der Waals surface area contributed by atoms with Crippen LogP contribution in [-0.4, -0.2) is 27.4 Å². The second-order valence-electron chi connectivity index (χ2n) is 3.63. The normalized spacial score (nSPS) is 11.4. The first-order valence-electron chi connectivity index (χ1n) is 5.48. The number of ether oxygens (including phenoxy) is 1. The third-order valence-electron chi connectivity index (χ3n) is 2.41. The Balaban J connectivity index is 1.87.